The molecule has 0 bridgehead atoms. The Morgan fingerprint density at radius 2 is 2.00 bits per heavy atom. The fourth-order valence-corrected chi connectivity index (χ4v) is 2.09. The molecule has 2 rings (SSSR count). The molecule has 6 heteroatoms. The van der Waals surface area contributed by atoms with Crippen LogP contribution in [-0.4, -0.2) is 18.0 Å². The highest BCUT2D eigenvalue weighted by molar-refractivity contribution is 6.42. The number of amides is 1. The molecule has 1 amide bonds. The zero-order valence-corrected chi connectivity index (χ0v) is 13.1. The number of aromatic nitrogens is 1. The van der Waals surface area contributed by atoms with Crippen LogP contribution in [0.4, 0.5) is 0 Å². The zero-order valence-electron chi connectivity index (χ0n) is 11.6. The first-order valence-electron chi connectivity index (χ1n) is 6.27. The average Bonchev–Trinajstić information content (AvgIpc) is 2.50. The number of nitrogens with zero attached hydrogens (tertiary/aromatic N) is 1. The third-order valence-electron chi connectivity index (χ3n) is 3.00. The molecule has 0 saturated heterocycles. The number of hydrogen-bond acceptors (Lipinski definition) is 3. The maximum absolute atomic E-state index is 12.1. The number of hydrogen-bond donors (Lipinski definition) is 1. The van der Waals surface area contributed by atoms with Gasteiger partial charge in [-0.25, -0.2) is 4.98 Å². The first kappa shape index (κ1) is 15.6. The van der Waals surface area contributed by atoms with Crippen molar-refractivity contribution in [2.24, 2.45) is 0 Å². The lowest BCUT2D eigenvalue weighted by Gasteiger charge is -2.15. The monoisotopic (exact) mass is 324 g/mol. The second-order valence-corrected chi connectivity index (χ2v) is 5.27. The Kier molecular flexibility index (Phi) is 5.04. The molecule has 21 heavy (non-hydrogen) atoms. The SMILES string of the molecule is COc1ccc(C(=O)N[C@@H](C)c2ccc(Cl)c(Cl)c2)cn1. The molecule has 110 valence electrons. The molecule has 0 aliphatic rings. The largest absolute Gasteiger partial charge is 0.481 e. The Labute approximate surface area is 133 Å². The summed E-state index contributed by atoms with van der Waals surface area (Å²) in [6, 6.07) is 8.36. The van der Waals surface area contributed by atoms with Gasteiger partial charge < -0.3 is 10.1 Å². The quantitative estimate of drug-likeness (QED) is 0.928. The normalized spacial score (nSPS) is 11.8. The van der Waals surface area contributed by atoms with Crippen molar-refractivity contribution >= 4 is 29.1 Å². The molecule has 1 aromatic heterocycles. The van der Waals surface area contributed by atoms with Crippen LogP contribution in [0.5, 0.6) is 5.88 Å². The predicted molar refractivity (Wildman–Crippen MR) is 83.1 cm³/mol. The van der Waals surface area contributed by atoms with Crippen LogP contribution in [0, 0.1) is 0 Å². The van der Waals surface area contributed by atoms with Gasteiger partial charge in [0.2, 0.25) is 5.88 Å². The summed E-state index contributed by atoms with van der Waals surface area (Å²) in [5.41, 5.74) is 1.34. The Morgan fingerprint density at radius 1 is 1.24 bits per heavy atom. The van der Waals surface area contributed by atoms with Crippen LogP contribution in [0.2, 0.25) is 10.0 Å². The van der Waals surface area contributed by atoms with Gasteiger partial charge in [-0.15, -0.1) is 0 Å². The molecule has 4 nitrogen and oxygen atoms in total. The van der Waals surface area contributed by atoms with Crippen LogP contribution in [0.3, 0.4) is 0 Å². The Balaban J connectivity index is 2.08. The van der Waals surface area contributed by atoms with Crippen molar-refractivity contribution in [1.29, 1.82) is 0 Å². The van der Waals surface area contributed by atoms with Crippen LogP contribution in [0.1, 0.15) is 28.9 Å². The van der Waals surface area contributed by atoms with Gasteiger partial charge >= 0.3 is 0 Å². The smallest absolute Gasteiger partial charge is 0.253 e. The minimum absolute atomic E-state index is 0.200. The minimum atomic E-state index is -0.219. The van der Waals surface area contributed by atoms with Gasteiger partial charge in [0.05, 0.1) is 28.8 Å². The molecular weight excluding hydrogens is 311 g/mol. The first-order valence-corrected chi connectivity index (χ1v) is 7.02. The van der Waals surface area contributed by atoms with E-state index in [9.17, 15) is 4.79 Å². The molecule has 0 unspecified atom stereocenters. The number of methoxy groups -OCH3 is 1. The second kappa shape index (κ2) is 6.78. The van der Waals surface area contributed by atoms with Gasteiger partial charge in [0.25, 0.3) is 5.91 Å². The van der Waals surface area contributed by atoms with Crippen LogP contribution >= 0.6 is 23.2 Å². The van der Waals surface area contributed by atoms with E-state index < -0.39 is 0 Å². The molecular formula is C15H14Cl2N2O2. The van der Waals surface area contributed by atoms with E-state index in [1.165, 1.54) is 13.3 Å². The minimum Gasteiger partial charge on any atom is -0.481 e. The zero-order chi connectivity index (χ0) is 15.4. The first-order chi connectivity index (χ1) is 10.0. The van der Waals surface area contributed by atoms with Gasteiger partial charge in [-0.1, -0.05) is 29.3 Å². The number of nitrogens with one attached hydrogen (secondary N) is 1. The van der Waals surface area contributed by atoms with E-state index in [2.05, 4.69) is 10.3 Å². The third-order valence-corrected chi connectivity index (χ3v) is 3.74. The molecule has 1 aromatic carbocycles. The van der Waals surface area contributed by atoms with Gasteiger partial charge in [-0.3, -0.25) is 4.79 Å². The van der Waals surface area contributed by atoms with Crippen LogP contribution in [-0.2, 0) is 0 Å². The number of rotatable bonds is 4. The second-order valence-electron chi connectivity index (χ2n) is 4.46. The van der Waals surface area contributed by atoms with E-state index in [0.29, 0.717) is 21.5 Å². The fourth-order valence-electron chi connectivity index (χ4n) is 1.78. The van der Waals surface area contributed by atoms with Crippen molar-refractivity contribution in [2.45, 2.75) is 13.0 Å². The van der Waals surface area contributed by atoms with Crippen LogP contribution in [0.25, 0.3) is 0 Å². The summed E-state index contributed by atoms with van der Waals surface area (Å²) in [4.78, 5) is 16.1. The van der Waals surface area contributed by atoms with Crippen molar-refractivity contribution in [3.8, 4) is 5.88 Å². The number of carbonyl (C=O) groups excluding carboxylic acids is 1. The van der Waals surface area contributed by atoms with Gasteiger partial charge in [-0.05, 0) is 30.7 Å². The molecule has 0 radical (unpaired) electrons. The van der Waals surface area contributed by atoms with Crippen LogP contribution in [0.15, 0.2) is 36.5 Å². The lowest BCUT2D eigenvalue weighted by molar-refractivity contribution is 0.0939. The van der Waals surface area contributed by atoms with Crippen molar-refractivity contribution in [3.63, 3.8) is 0 Å². The fraction of sp³-hybridized carbons (Fsp3) is 0.200. The topological polar surface area (TPSA) is 51.2 Å². The Bertz CT molecular complexity index is 645. The van der Waals surface area contributed by atoms with E-state index in [-0.39, 0.29) is 11.9 Å². The molecule has 0 fully saturated rings. The number of pyridine rings is 1. The molecule has 1 heterocycles. The number of carbonyl (C=O) groups is 1. The highest BCUT2D eigenvalue weighted by Crippen LogP contribution is 2.25. The maximum Gasteiger partial charge on any atom is 0.253 e. The highest BCUT2D eigenvalue weighted by Gasteiger charge is 2.13. The molecule has 0 aliphatic carbocycles. The van der Waals surface area contributed by atoms with Crippen molar-refractivity contribution in [2.75, 3.05) is 7.11 Å². The van der Waals surface area contributed by atoms with Crippen molar-refractivity contribution < 1.29 is 9.53 Å². The van der Waals surface area contributed by atoms with Crippen molar-refractivity contribution in [3.05, 3.63) is 57.7 Å². The molecule has 1 N–H and O–H groups in total. The van der Waals surface area contributed by atoms with E-state index >= 15 is 0 Å². The van der Waals surface area contributed by atoms with E-state index in [1.807, 2.05) is 13.0 Å². The Morgan fingerprint density at radius 3 is 2.57 bits per heavy atom. The van der Waals surface area contributed by atoms with Gasteiger partial charge in [0.1, 0.15) is 0 Å². The van der Waals surface area contributed by atoms with Crippen LogP contribution < -0.4 is 10.1 Å². The summed E-state index contributed by atoms with van der Waals surface area (Å²) in [6.45, 7) is 1.87. The van der Waals surface area contributed by atoms with Gasteiger partial charge in [0.15, 0.2) is 0 Å². The molecule has 0 aliphatic heterocycles. The summed E-state index contributed by atoms with van der Waals surface area (Å²) in [7, 11) is 1.52. The van der Waals surface area contributed by atoms with E-state index in [1.54, 1.807) is 24.3 Å². The maximum atomic E-state index is 12.1. The summed E-state index contributed by atoms with van der Waals surface area (Å²) in [5.74, 6) is 0.243. The van der Waals surface area contributed by atoms with Gasteiger partial charge in [-0.2, -0.15) is 0 Å². The highest BCUT2D eigenvalue weighted by atomic mass is 35.5. The molecule has 1 atom stereocenters. The van der Waals surface area contributed by atoms with E-state index in [0.717, 1.165) is 5.56 Å². The summed E-state index contributed by atoms with van der Waals surface area (Å²) in [5, 5.41) is 3.82. The third kappa shape index (κ3) is 3.86. The summed E-state index contributed by atoms with van der Waals surface area (Å²) < 4.78 is 4.95. The standard InChI is InChI=1S/C15H14Cl2N2O2/c1-9(10-3-5-12(16)13(17)7-10)19-15(20)11-4-6-14(21-2)18-8-11/h3-9H,1-2H3,(H,19,20)/t9-/m0/s1. The van der Waals surface area contributed by atoms with Crippen molar-refractivity contribution in [1.82, 2.24) is 10.3 Å². The average molecular weight is 325 g/mol. The lowest BCUT2D eigenvalue weighted by Crippen LogP contribution is -2.26. The summed E-state index contributed by atoms with van der Waals surface area (Å²) >= 11 is 11.9. The summed E-state index contributed by atoms with van der Waals surface area (Å²) in [6.07, 6.45) is 1.47. The number of benzene rings is 1. The number of ether oxygens (including phenoxy) is 1. The van der Waals surface area contributed by atoms with E-state index in [4.69, 9.17) is 27.9 Å². The number of halogens is 2. The predicted octanol–water partition coefficient (Wildman–Crippen LogP) is 3.89. The molecule has 2 aromatic rings. The Hall–Kier alpha value is -1.78. The lowest BCUT2D eigenvalue weighted by atomic mass is 10.1. The molecule has 0 saturated carbocycles. The molecule has 0 spiro atoms. The van der Waals surface area contributed by atoms with Gasteiger partial charge in [0, 0.05) is 12.3 Å².